The fraction of sp³-hybridized carbons (Fsp3) is 0.458. The first-order valence-electron chi connectivity index (χ1n) is 10.1. The molecule has 2 nitrogen and oxygen atoms in total. The van der Waals surface area contributed by atoms with Gasteiger partial charge in [0.25, 0.3) is 0 Å². The predicted octanol–water partition coefficient (Wildman–Crippen LogP) is 5.57. The standard InChI is InChI=1S/C24H27NOS2/c1-26-19-8-10-20-18(14-19)7-9-21(23(20)15-25)22(24-16-27-11-12-28-24)13-17-5-3-2-4-6-17/h2-6,8,10,14,21-24H,7,9,11-13,16H2,1H3. The highest BCUT2D eigenvalue weighted by atomic mass is 32.2. The minimum Gasteiger partial charge on any atom is -0.497 e. The number of hydrogen-bond acceptors (Lipinski definition) is 4. The van der Waals surface area contributed by atoms with Gasteiger partial charge in [-0.1, -0.05) is 36.4 Å². The second-order valence-electron chi connectivity index (χ2n) is 7.71. The van der Waals surface area contributed by atoms with Gasteiger partial charge >= 0.3 is 0 Å². The number of methoxy groups -OCH3 is 1. The van der Waals surface area contributed by atoms with E-state index in [2.05, 4.69) is 72.1 Å². The van der Waals surface area contributed by atoms with E-state index in [1.807, 2.05) is 6.07 Å². The smallest absolute Gasteiger partial charge is 0.119 e. The molecule has 2 aliphatic rings. The Balaban J connectivity index is 1.65. The molecule has 0 saturated carbocycles. The number of nitriles is 1. The molecule has 2 aromatic carbocycles. The van der Waals surface area contributed by atoms with E-state index < -0.39 is 0 Å². The van der Waals surface area contributed by atoms with E-state index in [1.165, 1.54) is 33.9 Å². The molecule has 4 atom stereocenters. The third-order valence-corrected chi connectivity index (χ3v) is 9.12. The van der Waals surface area contributed by atoms with Gasteiger partial charge in [0.05, 0.1) is 19.1 Å². The molecular weight excluding hydrogens is 382 g/mol. The van der Waals surface area contributed by atoms with Crippen LogP contribution >= 0.6 is 23.5 Å². The van der Waals surface area contributed by atoms with Crippen molar-refractivity contribution >= 4 is 23.5 Å². The molecule has 0 radical (unpaired) electrons. The molecular formula is C24H27NOS2. The number of nitrogens with zero attached hydrogens (tertiary/aromatic N) is 1. The summed E-state index contributed by atoms with van der Waals surface area (Å²) in [4.78, 5) is 0. The Labute approximate surface area is 177 Å². The number of benzene rings is 2. The number of fused-ring (bicyclic) bond motifs is 1. The number of ether oxygens (including phenoxy) is 1. The lowest BCUT2D eigenvalue weighted by Crippen LogP contribution is -2.37. The average molecular weight is 410 g/mol. The maximum absolute atomic E-state index is 10.2. The van der Waals surface area contributed by atoms with Crippen LogP contribution in [0.1, 0.15) is 29.0 Å². The van der Waals surface area contributed by atoms with Crippen molar-refractivity contribution in [3.8, 4) is 11.8 Å². The lowest BCUT2D eigenvalue weighted by Gasteiger charge is -2.40. The molecule has 0 bridgehead atoms. The molecule has 4 heteroatoms. The lowest BCUT2D eigenvalue weighted by molar-refractivity contribution is 0.275. The Kier molecular flexibility index (Phi) is 6.54. The zero-order chi connectivity index (χ0) is 19.3. The van der Waals surface area contributed by atoms with Gasteiger partial charge in [-0.25, -0.2) is 0 Å². The summed E-state index contributed by atoms with van der Waals surface area (Å²) in [6.45, 7) is 0. The van der Waals surface area contributed by atoms with Crippen molar-refractivity contribution in [3.05, 3.63) is 65.2 Å². The number of aryl methyl sites for hydroxylation is 1. The van der Waals surface area contributed by atoms with E-state index in [4.69, 9.17) is 4.74 Å². The van der Waals surface area contributed by atoms with Gasteiger partial charge in [0.15, 0.2) is 0 Å². The highest BCUT2D eigenvalue weighted by Gasteiger charge is 2.39. The molecule has 0 aromatic heterocycles. The van der Waals surface area contributed by atoms with Crippen LogP contribution in [-0.2, 0) is 12.8 Å². The summed E-state index contributed by atoms with van der Waals surface area (Å²) in [5.74, 6) is 5.55. The summed E-state index contributed by atoms with van der Waals surface area (Å²) in [7, 11) is 1.71. The van der Waals surface area contributed by atoms with Crippen molar-refractivity contribution in [1.82, 2.24) is 0 Å². The van der Waals surface area contributed by atoms with E-state index in [0.717, 1.165) is 25.0 Å². The molecule has 1 aliphatic heterocycles. The minimum absolute atomic E-state index is 0.0177. The quantitative estimate of drug-likeness (QED) is 0.646. The first kappa shape index (κ1) is 19.7. The average Bonchev–Trinajstić information content (AvgIpc) is 2.77. The summed E-state index contributed by atoms with van der Waals surface area (Å²) in [5, 5.41) is 10.8. The maximum Gasteiger partial charge on any atom is 0.119 e. The molecule has 146 valence electrons. The third kappa shape index (κ3) is 4.21. The van der Waals surface area contributed by atoms with E-state index in [1.54, 1.807) is 7.11 Å². The van der Waals surface area contributed by atoms with Crippen molar-refractivity contribution in [2.75, 3.05) is 24.4 Å². The zero-order valence-electron chi connectivity index (χ0n) is 16.3. The molecule has 1 aliphatic carbocycles. The minimum atomic E-state index is -0.0177. The van der Waals surface area contributed by atoms with Crippen molar-refractivity contribution in [2.24, 2.45) is 11.8 Å². The van der Waals surface area contributed by atoms with E-state index in [9.17, 15) is 5.26 Å². The molecule has 1 heterocycles. The monoisotopic (exact) mass is 409 g/mol. The lowest BCUT2D eigenvalue weighted by atomic mass is 9.68. The Bertz CT molecular complexity index is 826. The molecule has 28 heavy (non-hydrogen) atoms. The van der Waals surface area contributed by atoms with Crippen LogP contribution in [0.5, 0.6) is 5.75 Å². The molecule has 4 unspecified atom stereocenters. The van der Waals surface area contributed by atoms with Gasteiger partial charge in [0, 0.05) is 22.5 Å². The zero-order valence-corrected chi connectivity index (χ0v) is 18.0. The van der Waals surface area contributed by atoms with E-state index in [0.29, 0.717) is 17.1 Å². The van der Waals surface area contributed by atoms with Crippen LogP contribution in [0.15, 0.2) is 48.5 Å². The van der Waals surface area contributed by atoms with Gasteiger partial charge < -0.3 is 4.74 Å². The fourth-order valence-corrected chi connectivity index (χ4v) is 7.80. The second-order valence-corrected chi connectivity index (χ2v) is 10.2. The largest absolute Gasteiger partial charge is 0.497 e. The Morgan fingerprint density at radius 1 is 1.18 bits per heavy atom. The molecule has 1 fully saturated rings. The van der Waals surface area contributed by atoms with Gasteiger partial charge in [-0.2, -0.15) is 28.8 Å². The summed E-state index contributed by atoms with van der Waals surface area (Å²) in [6, 6.07) is 19.8. The SMILES string of the molecule is COc1ccc2c(c1)CCC(C(Cc1ccccc1)C1CSCCS1)C2C#N. The van der Waals surface area contributed by atoms with Crippen molar-refractivity contribution in [3.63, 3.8) is 0 Å². The summed E-state index contributed by atoms with van der Waals surface area (Å²) < 4.78 is 5.41. The van der Waals surface area contributed by atoms with Crippen LogP contribution in [0.3, 0.4) is 0 Å². The van der Waals surface area contributed by atoms with Crippen molar-refractivity contribution < 1.29 is 4.74 Å². The van der Waals surface area contributed by atoms with Gasteiger partial charge in [-0.05, 0) is 59.9 Å². The third-order valence-electron chi connectivity index (χ3n) is 6.18. The molecule has 4 rings (SSSR count). The highest BCUT2D eigenvalue weighted by Crippen LogP contribution is 2.46. The van der Waals surface area contributed by atoms with Crippen molar-refractivity contribution in [2.45, 2.75) is 30.4 Å². The van der Waals surface area contributed by atoms with Crippen LogP contribution in [-0.4, -0.2) is 29.6 Å². The predicted molar refractivity (Wildman–Crippen MR) is 120 cm³/mol. The van der Waals surface area contributed by atoms with Crippen LogP contribution in [0.2, 0.25) is 0 Å². The van der Waals surface area contributed by atoms with Crippen LogP contribution in [0, 0.1) is 23.2 Å². The number of rotatable bonds is 5. The van der Waals surface area contributed by atoms with Gasteiger partial charge in [0.1, 0.15) is 5.75 Å². The highest BCUT2D eigenvalue weighted by molar-refractivity contribution is 8.06. The molecule has 0 spiro atoms. The van der Waals surface area contributed by atoms with Crippen LogP contribution < -0.4 is 4.74 Å². The first-order chi connectivity index (χ1) is 13.8. The molecule has 0 N–H and O–H groups in total. The second kappa shape index (κ2) is 9.29. The summed E-state index contributed by atoms with van der Waals surface area (Å²) in [6.07, 6.45) is 3.22. The first-order valence-corrected chi connectivity index (χ1v) is 12.3. The number of hydrogen-bond donors (Lipinski definition) is 0. The Hall–Kier alpha value is -1.57. The van der Waals surface area contributed by atoms with Gasteiger partial charge in [0.2, 0.25) is 0 Å². The molecule has 2 aromatic rings. The topological polar surface area (TPSA) is 33.0 Å². The van der Waals surface area contributed by atoms with E-state index in [-0.39, 0.29) is 5.92 Å². The van der Waals surface area contributed by atoms with Crippen LogP contribution in [0.4, 0.5) is 0 Å². The Morgan fingerprint density at radius 3 is 2.75 bits per heavy atom. The van der Waals surface area contributed by atoms with E-state index >= 15 is 0 Å². The maximum atomic E-state index is 10.2. The number of thioether (sulfide) groups is 2. The van der Waals surface area contributed by atoms with Crippen LogP contribution in [0.25, 0.3) is 0 Å². The van der Waals surface area contributed by atoms with Gasteiger partial charge in [-0.15, -0.1) is 0 Å². The molecule has 0 amide bonds. The molecule has 1 saturated heterocycles. The fourth-order valence-electron chi connectivity index (χ4n) is 4.77. The van der Waals surface area contributed by atoms with Crippen molar-refractivity contribution in [1.29, 1.82) is 5.26 Å². The Morgan fingerprint density at radius 2 is 2.04 bits per heavy atom. The normalized spacial score (nSPS) is 25.4. The summed E-state index contributed by atoms with van der Waals surface area (Å²) >= 11 is 4.22. The summed E-state index contributed by atoms with van der Waals surface area (Å²) in [5.41, 5.74) is 3.93. The van der Waals surface area contributed by atoms with Gasteiger partial charge in [-0.3, -0.25) is 0 Å².